The van der Waals surface area contributed by atoms with Gasteiger partial charge in [0.15, 0.2) is 5.13 Å². The van der Waals surface area contributed by atoms with Gasteiger partial charge in [-0.25, -0.2) is 4.98 Å². The van der Waals surface area contributed by atoms with E-state index in [-0.39, 0.29) is 29.3 Å². The number of nitrogens with zero attached hydrogens (tertiary/aromatic N) is 2. The minimum absolute atomic E-state index is 0.231. The van der Waals surface area contributed by atoms with E-state index < -0.39 is 0 Å². The molecule has 1 unspecified atom stereocenters. The number of rotatable bonds is 3. The van der Waals surface area contributed by atoms with Crippen molar-refractivity contribution in [2.75, 3.05) is 18.4 Å². The number of carbonyl (C=O) groups is 3. The largest absolute Gasteiger partial charge is 0.369 e. The second kappa shape index (κ2) is 6.00. The van der Waals surface area contributed by atoms with Gasteiger partial charge in [0.2, 0.25) is 11.8 Å². The van der Waals surface area contributed by atoms with Crippen LogP contribution in [0.5, 0.6) is 0 Å². The van der Waals surface area contributed by atoms with Crippen LogP contribution in [0.4, 0.5) is 5.13 Å². The van der Waals surface area contributed by atoms with Gasteiger partial charge in [-0.3, -0.25) is 14.4 Å². The maximum Gasteiger partial charge on any atom is 0.273 e. The summed E-state index contributed by atoms with van der Waals surface area (Å²) < 4.78 is 0. The van der Waals surface area contributed by atoms with Crippen LogP contribution in [0.3, 0.4) is 0 Å². The number of piperidine rings is 1. The molecule has 0 saturated carbocycles. The molecule has 1 aliphatic rings. The molecule has 0 aromatic carbocycles. The predicted octanol–water partition coefficient (Wildman–Crippen LogP) is 0.439. The average Bonchev–Trinajstić information content (AvgIpc) is 2.85. The van der Waals surface area contributed by atoms with E-state index >= 15 is 0 Å². The Morgan fingerprint density at radius 1 is 1.50 bits per heavy atom. The fourth-order valence-electron chi connectivity index (χ4n) is 2.14. The van der Waals surface area contributed by atoms with Crippen molar-refractivity contribution in [2.45, 2.75) is 19.8 Å². The molecular formula is C12H16N4O3S. The van der Waals surface area contributed by atoms with Crippen molar-refractivity contribution in [2.24, 2.45) is 11.7 Å². The van der Waals surface area contributed by atoms with E-state index in [1.54, 1.807) is 10.3 Å². The summed E-state index contributed by atoms with van der Waals surface area (Å²) >= 11 is 1.20. The highest BCUT2D eigenvalue weighted by molar-refractivity contribution is 7.14. The predicted molar refractivity (Wildman–Crippen MR) is 74.2 cm³/mol. The maximum atomic E-state index is 12.3. The molecular weight excluding hydrogens is 280 g/mol. The van der Waals surface area contributed by atoms with Crippen LogP contribution in [0.1, 0.15) is 30.3 Å². The fourth-order valence-corrected chi connectivity index (χ4v) is 2.87. The van der Waals surface area contributed by atoms with E-state index in [0.717, 1.165) is 6.42 Å². The van der Waals surface area contributed by atoms with Gasteiger partial charge in [0.1, 0.15) is 5.69 Å². The van der Waals surface area contributed by atoms with Gasteiger partial charge in [-0.1, -0.05) is 0 Å². The highest BCUT2D eigenvalue weighted by Gasteiger charge is 2.28. The van der Waals surface area contributed by atoms with Gasteiger partial charge >= 0.3 is 0 Å². The molecule has 1 saturated heterocycles. The number of amides is 3. The van der Waals surface area contributed by atoms with Crippen molar-refractivity contribution in [3.05, 3.63) is 11.1 Å². The summed E-state index contributed by atoms with van der Waals surface area (Å²) in [6.07, 6.45) is 1.47. The van der Waals surface area contributed by atoms with Crippen molar-refractivity contribution in [3.63, 3.8) is 0 Å². The summed E-state index contributed by atoms with van der Waals surface area (Å²) in [5, 5.41) is 4.53. The molecule has 1 aromatic heterocycles. The highest BCUT2D eigenvalue weighted by atomic mass is 32.1. The number of carbonyl (C=O) groups excluding carboxylic acids is 3. The number of hydrogen-bond donors (Lipinski definition) is 2. The summed E-state index contributed by atoms with van der Waals surface area (Å²) in [4.78, 5) is 40.1. The van der Waals surface area contributed by atoms with E-state index in [9.17, 15) is 14.4 Å². The molecule has 7 nitrogen and oxygen atoms in total. The third-order valence-electron chi connectivity index (χ3n) is 3.12. The molecule has 1 aliphatic heterocycles. The third kappa shape index (κ3) is 3.32. The van der Waals surface area contributed by atoms with Gasteiger partial charge in [0.05, 0.1) is 5.92 Å². The summed E-state index contributed by atoms with van der Waals surface area (Å²) in [6.45, 7) is 2.31. The van der Waals surface area contributed by atoms with Gasteiger partial charge in [0, 0.05) is 25.4 Å². The summed E-state index contributed by atoms with van der Waals surface area (Å²) in [7, 11) is 0. The van der Waals surface area contributed by atoms with Crippen LogP contribution >= 0.6 is 11.3 Å². The lowest BCUT2D eigenvalue weighted by atomic mass is 9.97. The number of aromatic nitrogens is 1. The lowest BCUT2D eigenvalue weighted by Crippen LogP contribution is -2.44. The van der Waals surface area contributed by atoms with Gasteiger partial charge in [-0.05, 0) is 12.8 Å². The minimum Gasteiger partial charge on any atom is -0.369 e. The van der Waals surface area contributed by atoms with Gasteiger partial charge in [-0.2, -0.15) is 0 Å². The van der Waals surface area contributed by atoms with Crippen LogP contribution in [-0.2, 0) is 9.59 Å². The van der Waals surface area contributed by atoms with Crippen molar-refractivity contribution >= 4 is 34.2 Å². The van der Waals surface area contributed by atoms with E-state index in [4.69, 9.17) is 5.73 Å². The van der Waals surface area contributed by atoms with E-state index in [0.29, 0.717) is 24.6 Å². The Kier molecular flexibility index (Phi) is 4.33. The summed E-state index contributed by atoms with van der Waals surface area (Å²) in [5.74, 6) is -1.13. The normalized spacial score (nSPS) is 18.6. The molecule has 8 heteroatoms. The van der Waals surface area contributed by atoms with E-state index in [2.05, 4.69) is 10.3 Å². The Bertz CT molecular complexity index is 543. The summed E-state index contributed by atoms with van der Waals surface area (Å²) in [6, 6.07) is 0. The van der Waals surface area contributed by atoms with Crippen LogP contribution in [-0.4, -0.2) is 40.7 Å². The van der Waals surface area contributed by atoms with Crippen molar-refractivity contribution < 1.29 is 14.4 Å². The topological polar surface area (TPSA) is 105 Å². The van der Waals surface area contributed by atoms with Crippen LogP contribution in [0.15, 0.2) is 5.38 Å². The molecule has 0 aliphatic carbocycles. The number of nitrogens with two attached hydrogens (primary N) is 1. The van der Waals surface area contributed by atoms with Crippen LogP contribution in [0.25, 0.3) is 0 Å². The highest BCUT2D eigenvalue weighted by Crippen LogP contribution is 2.21. The average molecular weight is 296 g/mol. The Morgan fingerprint density at radius 3 is 2.90 bits per heavy atom. The number of thiazole rings is 1. The van der Waals surface area contributed by atoms with Crippen molar-refractivity contribution in [1.29, 1.82) is 0 Å². The molecule has 108 valence electrons. The van der Waals surface area contributed by atoms with Crippen LogP contribution < -0.4 is 11.1 Å². The Labute approximate surface area is 120 Å². The molecule has 0 bridgehead atoms. The monoisotopic (exact) mass is 296 g/mol. The molecule has 1 aromatic rings. The quantitative estimate of drug-likeness (QED) is 0.844. The maximum absolute atomic E-state index is 12.3. The smallest absolute Gasteiger partial charge is 0.273 e. The number of nitrogens with one attached hydrogen (secondary N) is 1. The minimum atomic E-state index is -0.375. The second-order valence-electron chi connectivity index (χ2n) is 4.71. The number of primary amides is 1. The number of hydrogen-bond acceptors (Lipinski definition) is 5. The van der Waals surface area contributed by atoms with Crippen molar-refractivity contribution in [1.82, 2.24) is 9.88 Å². The van der Waals surface area contributed by atoms with Crippen LogP contribution in [0.2, 0.25) is 0 Å². The van der Waals surface area contributed by atoms with E-state index in [1.165, 1.54) is 18.3 Å². The first-order valence-electron chi connectivity index (χ1n) is 6.29. The molecule has 2 rings (SSSR count). The molecule has 1 atom stereocenters. The zero-order valence-electron chi connectivity index (χ0n) is 11.1. The van der Waals surface area contributed by atoms with Gasteiger partial charge < -0.3 is 16.0 Å². The Morgan fingerprint density at radius 2 is 2.25 bits per heavy atom. The number of anilines is 1. The van der Waals surface area contributed by atoms with E-state index in [1.807, 2.05) is 0 Å². The van der Waals surface area contributed by atoms with Gasteiger partial charge in [-0.15, -0.1) is 11.3 Å². The molecule has 0 spiro atoms. The molecule has 20 heavy (non-hydrogen) atoms. The number of likely N-dealkylation sites (tertiary alicyclic amines) is 1. The first-order chi connectivity index (χ1) is 9.47. The first-order valence-corrected chi connectivity index (χ1v) is 7.17. The van der Waals surface area contributed by atoms with Crippen LogP contribution in [0, 0.1) is 5.92 Å². The second-order valence-corrected chi connectivity index (χ2v) is 5.57. The molecule has 3 amide bonds. The standard InChI is InChI=1S/C12H16N4O3S/c1-7(17)14-12-15-9(6-20-12)11(19)16-4-2-3-8(5-16)10(13)18/h6,8H,2-5H2,1H3,(H2,13,18)(H,14,15,17). The fraction of sp³-hybridized carbons (Fsp3) is 0.500. The lowest BCUT2D eigenvalue weighted by molar-refractivity contribution is -0.123. The Balaban J connectivity index is 2.05. The Hall–Kier alpha value is -1.96. The molecule has 3 N–H and O–H groups in total. The summed E-state index contributed by atoms with van der Waals surface area (Å²) in [5.41, 5.74) is 5.57. The zero-order chi connectivity index (χ0) is 14.7. The van der Waals surface area contributed by atoms with Crippen molar-refractivity contribution in [3.8, 4) is 0 Å². The van der Waals surface area contributed by atoms with Gasteiger partial charge in [0.25, 0.3) is 5.91 Å². The SMILES string of the molecule is CC(=O)Nc1nc(C(=O)N2CCCC(C(N)=O)C2)cs1. The first kappa shape index (κ1) is 14.4. The third-order valence-corrected chi connectivity index (χ3v) is 3.87. The zero-order valence-corrected chi connectivity index (χ0v) is 11.9. The molecule has 2 heterocycles. The lowest BCUT2D eigenvalue weighted by Gasteiger charge is -2.30. The molecule has 1 fully saturated rings. The molecule has 0 radical (unpaired) electrons.